The van der Waals surface area contributed by atoms with Crippen LogP contribution in [0, 0.1) is 0 Å². The Morgan fingerprint density at radius 2 is 1.71 bits per heavy atom. The summed E-state index contributed by atoms with van der Waals surface area (Å²) in [5.41, 5.74) is 4.41. The largest absolute Gasteiger partial charge is 0.494 e. The predicted octanol–water partition coefficient (Wildman–Crippen LogP) is 5.35. The van der Waals surface area contributed by atoms with Crippen molar-refractivity contribution in [3.63, 3.8) is 0 Å². The molecule has 0 bridgehead atoms. The summed E-state index contributed by atoms with van der Waals surface area (Å²) in [6, 6.07) is 19.2. The number of allylic oxidation sites excluding steroid dienone is 1. The van der Waals surface area contributed by atoms with Gasteiger partial charge in [-0.2, -0.15) is 5.10 Å². The molecule has 0 radical (unpaired) electrons. The number of hydrogen-bond donors (Lipinski definition) is 1. The van der Waals surface area contributed by atoms with Gasteiger partial charge in [-0.25, -0.2) is 10.2 Å². The average molecular weight is 517 g/mol. The van der Waals surface area contributed by atoms with Crippen LogP contribution in [0.25, 0.3) is 0 Å². The minimum absolute atomic E-state index is 0.184. The van der Waals surface area contributed by atoms with Crippen molar-refractivity contribution in [3.8, 4) is 23.0 Å². The molecular formula is C30H32N2O6. The third kappa shape index (κ3) is 8.51. The molecule has 0 unspecified atom stereocenters. The Kier molecular flexibility index (Phi) is 10.9. The third-order valence-electron chi connectivity index (χ3n) is 5.13. The van der Waals surface area contributed by atoms with Crippen LogP contribution in [0.3, 0.4) is 0 Å². The fourth-order valence-electron chi connectivity index (χ4n) is 3.35. The summed E-state index contributed by atoms with van der Waals surface area (Å²) in [4.78, 5) is 24.8. The summed E-state index contributed by atoms with van der Waals surface area (Å²) in [6.07, 6.45) is 4.78. The second kappa shape index (κ2) is 14.8. The highest BCUT2D eigenvalue weighted by Gasteiger charge is 2.14. The molecule has 0 aliphatic carbocycles. The monoisotopic (exact) mass is 516 g/mol. The molecule has 38 heavy (non-hydrogen) atoms. The molecule has 1 N–H and O–H groups in total. The molecule has 0 heterocycles. The number of amides is 1. The van der Waals surface area contributed by atoms with Gasteiger partial charge in [-0.3, -0.25) is 4.79 Å². The van der Waals surface area contributed by atoms with Gasteiger partial charge in [0.25, 0.3) is 5.91 Å². The maximum atomic E-state index is 12.6. The number of carbonyl (C=O) groups is 2. The number of para-hydroxylation sites is 1. The SMILES string of the molecule is C=CCc1ccccc1OCC(=O)N/N=C\c1ccc(OC(=O)c2ccc(OCCC)cc2)c(OCC)c1. The van der Waals surface area contributed by atoms with E-state index in [4.69, 9.17) is 18.9 Å². The van der Waals surface area contributed by atoms with Crippen molar-refractivity contribution in [2.75, 3.05) is 19.8 Å². The lowest BCUT2D eigenvalue weighted by Gasteiger charge is -2.12. The summed E-state index contributed by atoms with van der Waals surface area (Å²) in [6.45, 7) is 8.38. The van der Waals surface area contributed by atoms with Crippen LogP contribution in [0.5, 0.6) is 23.0 Å². The Morgan fingerprint density at radius 3 is 2.45 bits per heavy atom. The van der Waals surface area contributed by atoms with Crippen LogP contribution in [0.2, 0.25) is 0 Å². The molecule has 0 spiro atoms. The van der Waals surface area contributed by atoms with Crippen molar-refractivity contribution in [3.05, 3.63) is 96.1 Å². The van der Waals surface area contributed by atoms with Gasteiger partial charge in [0.15, 0.2) is 18.1 Å². The number of hydrogen-bond acceptors (Lipinski definition) is 7. The van der Waals surface area contributed by atoms with Gasteiger partial charge in [0.2, 0.25) is 0 Å². The summed E-state index contributed by atoms with van der Waals surface area (Å²) < 4.78 is 22.4. The first-order chi connectivity index (χ1) is 18.5. The number of rotatable bonds is 14. The molecule has 0 saturated carbocycles. The maximum absolute atomic E-state index is 12.6. The van der Waals surface area contributed by atoms with Crippen molar-refractivity contribution >= 4 is 18.1 Å². The van der Waals surface area contributed by atoms with Crippen molar-refractivity contribution in [2.24, 2.45) is 5.10 Å². The van der Waals surface area contributed by atoms with Gasteiger partial charge >= 0.3 is 5.97 Å². The van der Waals surface area contributed by atoms with Crippen molar-refractivity contribution in [2.45, 2.75) is 26.7 Å². The van der Waals surface area contributed by atoms with Crippen LogP contribution in [-0.4, -0.2) is 37.9 Å². The molecule has 0 saturated heterocycles. The van der Waals surface area contributed by atoms with Gasteiger partial charge < -0.3 is 18.9 Å². The van der Waals surface area contributed by atoms with E-state index in [-0.39, 0.29) is 12.4 Å². The quantitative estimate of drug-likeness (QED) is 0.102. The van der Waals surface area contributed by atoms with E-state index in [0.29, 0.717) is 48.0 Å². The van der Waals surface area contributed by atoms with Crippen LogP contribution in [-0.2, 0) is 11.2 Å². The lowest BCUT2D eigenvalue weighted by atomic mass is 10.1. The number of esters is 1. The molecule has 1 amide bonds. The first-order valence-electron chi connectivity index (χ1n) is 12.4. The summed E-state index contributed by atoms with van der Waals surface area (Å²) in [5.74, 6) is 1.04. The van der Waals surface area contributed by atoms with Crippen molar-refractivity contribution < 1.29 is 28.5 Å². The van der Waals surface area contributed by atoms with E-state index in [1.165, 1.54) is 6.21 Å². The molecular weight excluding hydrogens is 484 g/mol. The number of benzene rings is 3. The molecule has 8 heteroatoms. The van der Waals surface area contributed by atoms with Gasteiger partial charge in [-0.05, 0) is 79.4 Å². The van der Waals surface area contributed by atoms with Gasteiger partial charge in [-0.15, -0.1) is 6.58 Å². The van der Waals surface area contributed by atoms with Gasteiger partial charge in [-0.1, -0.05) is 31.2 Å². The number of nitrogens with one attached hydrogen (secondary N) is 1. The number of nitrogens with zero attached hydrogens (tertiary/aromatic N) is 1. The zero-order valence-corrected chi connectivity index (χ0v) is 21.6. The van der Waals surface area contributed by atoms with Crippen molar-refractivity contribution in [1.29, 1.82) is 0 Å². The molecule has 0 aliphatic heterocycles. The van der Waals surface area contributed by atoms with E-state index in [1.54, 1.807) is 54.6 Å². The zero-order chi connectivity index (χ0) is 27.2. The second-order valence-corrected chi connectivity index (χ2v) is 8.08. The van der Waals surface area contributed by atoms with E-state index < -0.39 is 11.9 Å². The normalized spacial score (nSPS) is 10.6. The fraction of sp³-hybridized carbons (Fsp3) is 0.233. The van der Waals surface area contributed by atoms with E-state index >= 15 is 0 Å². The Hall–Kier alpha value is -4.59. The molecule has 0 aromatic heterocycles. The molecule has 0 fully saturated rings. The van der Waals surface area contributed by atoms with Crippen molar-refractivity contribution in [1.82, 2.24) is 5.43 Å². The molecule has 0 atom stereocenters. The standard InChI is InChI=1S/C30H32N2O6/c1-4-9-23-10-7-8-11-26(23)37-21-29(33)32-31-20-22-12-17-27(28(19-22)35-6-3)38-30(34)24-13-15-25(16-14-24)36-18-5-2/h4,7-8,10-17,19-20H,1,5-6,9,18,21H2,2-3H3,(H,32,33)/b31-20-. The highest BCUT2D eigenvalue weighted by Crippen LogP contribution is 2.29. The number of ether oxygens (including phenoxy) is 4. The molecule has 0 aliphatic rings. The molecule has 198 valence electrons. The summed E-state index contributed by atoms with van der Waals surface area (Å²) >= 11 is 0. The summed E-state index contributed by atoms with van der Waals surface area (Å²) in [7, 11) is 0. The Morgan fingerprint density at radius 1 is 0.921 bits per heavy atom. The Labute approximate surface area is 222 Å². The maximum Gasteiger partial charge on any atom is 0.343 e. The first kappa shape index (κ1) is 28.0. The fourth-order valence-corrected chi connectivity index (χ4v) is 3.35. The minimum Gasteiger partial charge on any atom is -0.494 e. The predicted molar refractivity (Wildman–Crippen MR) is 146 cm³/mol. The van der Waals surface area contributed by atoms with Crippen LogP contribution in [0.4, 0.5) is 0 Å². The Balaban J connectivity index is 1.58. The minimum atomic E-state index is -0.517. The molecule has 3 aromatic carbocycles. The summed E-state index contributed by atoms with van der Waals surface area (Å²) in [5, 5.41) is 3.99. The number of carbonyl (C=O) groups excluding carboxylic acids is 2. The van der Waals surface area contributed by atoms with Gasteiger partial charge in [0.1, 0.15) is 11.5 Å². The van der Waals surface area contributed by atoms with Crippen LogP contribution < -0.4 is 24.4 Å². The second-order valence-electron chi connectivity index (χ2n) is 8.08. The molecule has 8 nitrogen and oxygen atoms in total. The van der Waals surface area contributed by atoms with E-state index in [1.807, 2.05) is 32.0 Å². The number of hydrazone groups is 1. The van der Waals surface area contributed by atoms with Crippen LogP contribution in [0.15, 0.2) is 84.5 Å². The molecule has 3 rings (SSSR count). The Bertz CT molecular complexity index is 1250. The lowest BCUT2D eigenvalue weighted by Crippen LogP contribution is -2.24. The van der Waals surface area contributed by atoms with Crippen LogP contribution in [0.1, 0.15) is 41.8 Å². The highest BCUT2D eigenvalue weighted by atomic mass is 16.6. The topological polar surface area (TPSA) is 95.5 Å². The average Bonchev–Trinajstić information content (AvgIpc) is 2.93. The third-order valence-corrected chi connectivity index (χ3v) is 5.13. The van der Waals surface area contributed by atoms with E-state index in [0.717, 1.165) is 12.0 Å². The van der Waals surface area contributed by atoms with Gasteiger partial charge in [0.05, 0.1) is 25.0 Å². The lowest BCUT2D eigenvalue weighted by molar-refractivity contribution is -0.123. The van der Waals surface area contributed by atoms with Crippen LogP contribution >= 0.6 is 0 Å². The highest BCUT2D eigenvalue weighted by molar-refractivity contribution is 5.92. The first-order valence-corrected chi connectivity index (χ1v) is 12.4. The molecule has 3 aromatic rings. The van der Waals surface area contributed by atoms with E-state index in [9.17, 15) is 9.59 Å². The smallest absolute Gasteiger partial charge is 0.343 e. The zero-order valence-electron chi connectivity index (χ0n) is 21.6. The van der Waals surface area contributed by atoms with Gasteiger partial charge in [0, 0.05) is 0 Å². The van der Waals surface area contributed by atoms with E-state index in [2.05, 4.69) is 17.1 Å².